The van der Waals surface area contributed by atoms with Crippen LogP contribution in [0.4, 0.5) is 4.79 Å². The molecule has 2 N–H and O–H groups in total. The summed E-state index contributed by atoms with van der Waals surface area (Å²) in [7, 11) is 1.72. The molecule has 3 rings (SSSR count). The molecule has 0 bridgehead atoms. The number of ether oxygens (including phenoxy) is 1. The summed E-state index contributed by atoms with van der Waals surface area (Å²) < 4.78 is 6.21. The van der Waals surface area contributed by atoms with Crippen LogP contribution in [0.25, 0.3) is 0 Å². The number of amides is 3. The summed E-state index contributed by atoms with van der Waals surface area (Å²) >= 11 is 0. The van der Waals surface area contributed by atoms with Gasteiger partial charge in [0.25, 0.3) is 5.91 Å². The van der Waals surface area contributed by atoms with Gasteiger partial charge < -0.3 is 25.0 Å². The highest BCUT2D eigenvalue weighted by atomic mass is 16.5. The Morgan fingerprint density at radius 1 is 1.41 bits per heavy atom. The number of carbonyl (C=O) groups is 2. The van der Waals surface area contributed by atoms with E-state index in [0.717, 1.165) is 12.8 Å². The maximum atomic E-state index is 13.4. The smallest absolute Gasteiger partial charge is 0.317 e. The topological polar surface area (TPSA) is 95.0 Å². The summed E-state index contributed by atoms with van der Waals surface area (Å²) in [6.07, 6.45) is 3.48. The minimum atomic E-state index is -0.381. The van der Waals surface area contributed by atoms with Crippen LogP contribution in [0.3, 0.4) is 0 Å². The van der Waals surface area contributed by atoms with Crippen LogP contribution in [-0.4, -0.2) is 76.8 Å². The molecule has 0 radical (unpaired) electrons. The van der Waals surface area contributed by atoms with Gasteiger partial charge in [-0.05, 0) is 39.7 Å². The van der Waals surface area contributed by atoms with E-state index in [1.165, 1.54) is 0 Å². The number of urea groups is 1. The number of aromatic nitrogens is 1. The van der Waals surface area contributed by atoms with Crippen LogP contribution in [0.2, 0.25) is 0 Å². The van der Waals surface area contributed by atoms with Gasteiger partial charge in [-0.2, -0.15) is 0 Å². The average Bonchev–Trinajstić information content (AvgIpc) is 3.58. The van der Waals surface area contributed by atoms with Crippen molar-refractivity contribution < 1.29 is 19.4 Å². The van der Waals surface area contributed by atoms with Crippen LogP contribution in [0.5, 0.6) is 5.88 Å². The number of nitrogens with zero attached hydrogens (tertiary/aromatic N) is 3. The Hall–Kier alpha value is -2.79. The lowest BCUT2D eigenvalue weighted by Gasteiger charge is -2.37. The Kier molecular flexibility index (Phi) is 7.62. The molecule has 0 aromatic carbocycles. The third-order valence-corrected chi connectivity index (χ3v) is 5.73. The molecular weight excluding hydrogens is 408 g/mol. The average molecular weight is 443 g/mol. The fraction of sp³-hybridized carbons (Fsp3) is 0.625. The first-order chi connectivity index (χ1) is 15.2. The maximum absolute atomic E-state index is 13.4. The van der Waals surface area contributed by atoms with Crippen LogP contribution in [0.15, 0.2) is 12.3 Å². The highest BCUT2D eigenvalue weighted by Gasteiger charge is 2.34. The molecule has 1 saturated carbocycles. The number of likely N-dealkylation sites (N-methyl/N-ethyl adjacent to an activating group) is 1. The molecule has 1 aromatic heterocycles. The third kappa shape index (κ3) is 5.92. The van der Waals surface area contributed by atoms with Gasteiger partial charge in [-0.25, -0.2) is 9.78 Å². The molecular formula is C24H34N4O4. The predicted molar refractivity (Wildman–Crippen MR) is 121 cm³/mol. The van der Waals surface area contributed by atoms with Crippen molar-refractivity contribution in [1.82, 2.24) is 20.1 Å². The van der Waals surface area contributed by atoms with Crippen molar-refractivity contribution in [2.75, 3.05) is 26.7 Å². The van der Waals surface area contributed by atoms with Crippen molar-refractivity contribution in [3.8, 4) is 17.7 Å². The van der Waals surface area contributed by atoms with Gasteiger partial charge in [0.05, 0.1) is 19.2 Å². The summed E-state index contributed by atoms with van der Waals surface area (Å²) in [5.74, 6) is 6.64. The lowest BCUT2D eigenvalue weighted by atomic mass is 10.00. The van der Waals surface area contributed by atoms with Crippen molar-refractivity contribution >= 4 is 11.9 Å². The standard InChI is InChI=1S/C24H34N4O4/c1-15(2)26-24(31)27(5)13-21-16(3)12-28(17(4)14-29)23(30)20-10-19(9-8-18-6-7-18)11-25-22(20)32-21/h10-11,15-18,21,29H,6-7,12-14H2,1-5H3,(H,26,31)/t16-,17+,21-/m0/s1. The molecule has 1 aromatic rings. The normalized spacial score (nSPS) is 21.5. The summed E-state index contributed by atoms with van der Waals surface area (Å²) in [5, 5.41) is 12.6. The fourth-order valence-electron chi connectivity index (χ4n) is 3.51. The number of aliphatic hydroxyl groups excluding tert-OH is 1. The van der Waals surface area contributed by atoms with E-state index in [4.69, 9.17) is 4.74 Å². The molecule has 2 aliphatic rings. The molecule has 174 valence electrons. The molecule has 0 spiro atoms. The molecule has 1 aliphatic carbocycles. The Bertz CT molecular complexity index is 903. The summed E-state index contributed by atoms with van der Waals surface area (Å²) in [5.41, 5.74) is 1.00. The van der Waals surface area contributed by atoms with Gasteiger partial charge in [-0.3, -0.25) is 4.79 Å². The van der Waals surface area contributed by atoms with Crippen molar-refractivity contribution in [2.45, 2.75) is 58.7 Å². The number of nitrogens with one attached hydrogen (secondary N) is 1. The largest absolute Gasteiger partial charge is 0.472 e. The zero-order valence-corrected chi connectivity index (χ0v) is 19.6. The molecule has 3 atom stereocenters. The zero-order chi connectivity index (χ0) is 23.4. The van der Waals surface area contributed by atoms with Gasteiger partial charge in [0.15, 0.2) is 0 Å². The highest BCUT2D eigenvalue weighted by molar-refractivity contribution is 5.97. The summed E-state index contributed by atoms with van der Waals surface area (Å²) in [6, 6.07) is 1.20. The van der Waals surface area contributed by atoms with Crippen molar-refractivity contribution in [2.24, 2.45) is 11.8 Å². The van der Waals surface area contributed by atoms with Crippen molar-refractivity contribution in [1.29, 1.82) is 0 Å². The minimum Gasteiger partial charge on any atom is -0.472 e. The Morgan fingerprint density at radius 3 is 2.75 bits per heavy atom. The number of hydrogen-bond donors (Lipinski definition) is 2. The second-order valence-electron chi connectivity index (χ2n) is 9.23. The molecule has 8 heteroatoms. The molecule has 8 nitrogen and oxygen atoms in total. The van der Waals surface area contributed by atoms with Crippen LogP contribution >= 0.6 is 0 Å². The van der Waals surface area contributed by atoms with Crippen LogP contribution < -0.4 is 10.1 Å². The van der Waals surface area contributed by atoms with E-state index in [9.17, 15) is 14.7 Å². The minimum absolute atomic E-state index is 0.0247. The van der Waals surface area contributed by atoms with Crippen LogP contribution in [-0.2, 0) is 0 Å². The SMILES string of the molecule is CC(C)NC(=O)N(C)C[C@@H]1Oc2ncc(C#CC3CC3)cc2C(=O)N([C@H](C)CO)C[C@@H]1C. The molecule has 1 fully saturated rings. The van der Waals surface area contributed by atoms with Gasteiger partial charge >= 0.3 is 6.03 Å². The molecule has 0 saturated heterocycles. The lowest BCUT2D eigenvalue weighted by Crippen LogP contribution is -2.51. The van der Waals surface area contributed by atoms with E-state index in [1.807, 2.05) is 27.7 Å². The molecule has 3 amide bonds. The first-order valence-electron chi connectivity index (χ1n) is 11.3. The van der Waals surface area contributed by atoms with Crippen LogP contribution in [0, 0.1) is 23.7 Å². The number of carbonyl (C=O) groups excluding carboxylic acids is 2. The number of fused-ring (bicyclic) bond motifs is 1. The predicted octanol–water partition coefficient (Wildman–Crippen LogP) is 2.11. The third-order valence-electron chi connectivity index (χ3n) is 5.73. The van der Waals surface area contributed by atoms with E-state index in [-0.39, 0.29) is 48.5 Å². The second kappa shape index (κ2) is 10.2. The van der Waals surface area contributed by atoms with Crippen molar-refractivity contribution in [3.05, 3.63) is 23.4 Å². The summed E-state index contributed by atoms with van der Waals surface area (Å²) in [4.78, 5) is 33.4. The second-order valence-corrected chi connectivity index (χ2v) is 9.23. The Balaban J connectivity index is 1.91. The Morgan fingerprint density at radius 2 is 2.12 bits per heavy atom. The number of pyridine rings is 1. The van der Waals surface area contributed by atoms with E-state index < -0.39 is 0 Å². The van der Waals surface area contributed by atoms with Gasteiger partial charge in [0, 0.05) is 43.2 Å². The van der Waals surface area contributed by atoms with Gasteiger partial charge in [-0.15, -0.1) is 0 Å². The van der Waals surface area contributed by atoms with E-state index in [1.54, 1.807) is 29.1 Å². The number of rotatable bonds is 5. The van der Waals surface area contributed by atoms with E-state index >= 15 is 0 Å². The van der Waals surface area contributed by atoms with Crippen LogP contribution in [0.1, 0.15) is 56.5 Å². The monoisotopic (exact) mass is 442 g/mol. The molecule has 1 aliphatic heterocycles. The summed E-state index contributed by atoms with van der Waals surface area (Å²) in [6.45, 7) is 8.18. The molecule has 32 heavy (non-hydrogen) atoms. The van der Waals surface area contributed by atoms with Gasteiger partial charge in [0.1, 0.15) is 11.7 Å². The van der Waals surface area contributed by atoms with Crippen molar-refractivity contribution in [3.63, 3.8) is 0 Å². The fourth-order valence-corrected chi connectivity index (χ4v) is 3.51. The Labute approximate surface area is 190 Å². The maximum Gasteiger partial charge on any atom is 0.317 e. The van der Waals surface area contributed by atoms with E-state index in [2.05, 4.69) is 22.1 Å². The molecule has 2 heterocycles. The first kappa shape index (κ1) is 23.9. The van der Waals surface area contributed by atoms with E-state index in [0.29, 0.717) is 30.1 Å². The number of hydrogen-bond acceptors (Lipinski definition) is 5. The first-order valence-corrected chi connectivity index (χ1v) is 11.3. The quantitative estimate of drug-likeness (QED) is 0.681. The highest BCUT2D eigenvalue weighted by Crippen LogP contribution is 2.29. The zero-order valence-electron chi connectivity index (χ0n) is 19.6. The lowest BCUT2D eigenvalue weighted by molar-refractivity contribution is 0.0351. The van der Waals surface area contributed by atoms with Gasteiger partial charge in [-0.1, -0.05) is 18.8 Å². The molecule has 0 unspecified atom stereocenters. The number of aliphatic hydroxyl groups is 1. The van der Waals surface area contributed by atoms with Gasteiger partial charge in [0.2, 0.25) is 5.88 Å².